The van der Waals surface area contributed by atoms with Gasteiger partial charge < -0.3 is 20.5 Å². The molecule has 1 aromatic rings. The van der Waals surface area contributed by atoms with E-state index >= 15 is 0 Å². The second kappa shape index (κ2) is 7.63. The highest BCUT2D eigenvalue weighted by atomic mass is 16.5. The van der Waals surface area contributed by atoms with Gasteiger partial charge in [-0.25, -0.2) is 4.79 Å². The number of carbonyl (C=O) groups excluding carboxylic acids is 1. The van der Waals surface area contributed by atoms with E-state index < -0.39 is 0 Å². The van der Waals surface area contributed by atoms with Crippen LogP contribution < -0.4 is 11.1 Å². The first-order valence-electron chi connectivity index (χ1n) is 6.46. The number of nitrogens with two attached hydrogens (primary N) is 1. The summed E-state index contributed by atoms with van der Waals surface area (Å²) in [7, 11) is 0. The fourth-order valence-electron chi connectivity index (χ4n) is 1.55. The Morgan fingerprint density at radius 1 is 1.42 bits per heavy atom. The average molecular weight is 266 g/mol. The summed E-state index contributed by atoms with van der Waals surface area (Å²) in [6, 6.07) is 5.08. The molecule has 0 aliphatic rings. The molecule has 0 heterocycles. The summed E-state index contributed by atoms with van der Waals surface area (Å²) in [5, 5.41) is 3.16. The minimum Gasteiger partial charge on any atom is -0.462 e. The SMILES string of the molecule is CCOC(=O)c1ccc(NCCOC(C)C)c(N)c1. The van der Waals surface area contributed by atoms with E-state index in [0.29, 0.717) is 31.0 Å². The molecule has 1 rings (SSSR count). The lowest BCUT2D eigenvalue weighted by atomic mass is 10.1. The lowest BCUT2D eigenvalue weighted by Crippen LogP contribution is -2.14. The Hall–Kier alpha value is -1.75. The zero-order valence-corrected chi connectivity index (χ0v) is 11.7. The highest BCUT2D eigenvalue weighted by molar-refractivity contribution is 5.91. The third-order valence-corrected chi connectivity index (χ3v) is 2.43. The molecule has 0 aromatic heterocycles. The van der Waals surface area contributed by atoms with Crippen LogP contribution in [0.5, 0.6) is 0 Å². The van der Waals surface area contributed by atoms with E-state index in [-0.39, 0.29) is 12.1 Å². The summed E-state index contributed by atoms with van der Waals surface area (Å²) < 4.78 is 10.3. The van der Waals surface area contributed by atoms with Gasteiger partial charge in [-0.05, 0) is 39.0 Å². The minimum absolute atomic E-state index is 0.213. The van der Waals surface area contributed by atoms with Crippen molar-refractivity contribution >= 4 is 17.3 Å². The van der Waals surface area contributed by atoms with E-state index in [2.05, 4.69) is 5.32 Å². The quantitative estimate of drug-likeness (QED) is 0.450. The summed E-state index contributed by atoms with van der Waals surface area (Å²) in [5.74, 6) is -0.358. The number of hydrogen-bond acceptors (Lipinski definition) is 5. The highest BCUT2D eigenvalue weighted by Crippen LogP contribution is 2.20. The van der Waals surface area contributed by atoms with E-state index in [9.17, 15) is 4.79 Å². The van der Waals surface area contributed by atoms with E-state index in [1.165, 1.54) is 0 Å². The maximum Gasteiger partial charge on any atom is 0.338 e. The molecule has 0 bridgehead atoms. The number of carbonyl (C=O) groups is 1. The van der Waals surface area contributed by atoms with Crippen LogP contribution in [0.15, 0.2) is 18.2 Å². The Balaban J connectivity index is 2.55. The molecule has 0 radical (unpaired) electrons. The third-order valence-electron chi connectivity index (χ3n) is 2.43. The zero-order chi connectivity index (χ0) is 14.3. The Labute approximate surface area is 114 Å². The van der Waals surface area contributed by atoms with Crippen LogP contribution in [0.4, 0.5) is 11.4 Å². The second-order valence-electron chi connectivity index (χ2n) is 4.37. The van der Waals surface area contributed by atoms with Crippen molar-refractivity contribution in [3.8, 4) is 0 Å². The molecule has 0 aliphatic heterocycles. The van der Waals surface area contributed by atoms with Crippen LogP contribution >= 0.6 is 0 Å². The summed E-state index contributed by atoms with van der Waals surface area (Å²) >= 11 is 0. The highest BCUT2D eigenvalue weighted by Gasteiger charge is 2.08. The van der Waals surface area contributed by atoms with Crippen molar-refractivity contribution in [2.45, 2.75) is 26.9 Å². The van der Waals surface area contributed by atoms with Crippen LogP contribution in [0, 0.1) is 0 Å². The number of ether oxygens (including phenoxy) is 2. The monoisotopic (exact) mass is 266 g/mol. The van der Waals surface area contributed by atoms with Gasteiger partial charge in [-0.1, -0.05) is 0 Å². The standard InChI is InChI=1S/C14H22N2O3/c1-4-18-14(17)11-5-6-13(12(15)9-11)16-7-8-19-10(2)3/h5-6,9-10,16H,4,7-8,15H2,1-3H3. The Morgan fingerprint density at radius 2 is 2.16 bits per heavy atom. The molecule has 0 fully saturated rings. The number of benzene rings is 1. The van der Waals surface area contributed by atoms with Gasteiger partial charge in [-0.15, -0.1) is 0 Å². The van der Waals surface area contributed by atoms with Crippen LogP contribution in [0.2, 0.25) is 0 Å². The molecule has 5 nitrogen and oxygen atoms in total. The predicted molar refractivity (Wildman–Crippen MR) is 76.4 cm³/mol. The van der Waals surface area contributed by atoms with Crippen LogP contribution in [0.1, 0.15) is 31.1 Å². The Kier molecular flexibility index (Phi) is 6.15. The third kappa shape index (κ3) is 5.18. The molecule has 3 N–H and O–H groups in total. The van der Waals surface area contributed by atoms with Crippen LogP contribution in [-0.2, 0) is 9.47 Å². The predicted octanol–water partition coefficient (Wildman–Crippen LogP) is 2.28. The van der Waals surface area contributed by atoms with Gasteiger partial charge in [-0.2, -0.15) is 0 Å². The van der Waals surface area contributed by atoms with Crippen molar-refractivity contribution in [1.82, 2.24) is 0 Å². The first-order valence-corrected chi connectivity index (χ1v) is 6.46. The van der Waals surface area contributed by atoms with E-state index in [1.807, 2.05) is 13.8 Å². The van der Waals surface area contributed by atoms with Gasteiger partial charge >= 0.3 is 5.97 Å². The molecule has 19 heavy (non-hydrogen) atoms. The summed E-state index contributed by atoms with van der Waals surface area (Å²) in [4.78, 5) is 11.5. The lowest BCUT2D eigenvalue weighted by Gasteiger charge is -2.12. The number of esters is 1. The molecule has 1 aromatic carbocycles. The maximum absolute atomic E-state index is 11.5. The molecule has 0 amide bonds. The number of anilines is 2. The van der Waals surface area contributed by atoms with Crippen LogP contribution in [-0.4, -0.2) is 31.8 Å². The first kappa shape index (κ1) is 15.3. The van der Waals surface area contributed by atoms with E-state index in [1.54, 1.807) is 25.1 Å². The van der Waals surface area contributed by atoms with Crippen molar-refractivity contribution in [1.29, 1.82) is 0 Å². The Bertz CT molecular complexity index is 419. The number of nitrogens with one attached hydrogen (secondary N) is 1. The summed E-state index contributed by atoms with van der Waals surface area (Å²) in [5.41, 5.74) is 7.66. The normalized spacial score (nSPS) is 10.5. The van der Waals surface area contributed by atoms with Crippen molar-refractivity contribution in [2.75, 3.05) is 30.8 Å². The van der Waals surface area contributed by atoms with Gasteiger partial charge in [0.15, 0.2) is 0 Å². The Morgan fingerprint density at radius 3 is 2.74 bits per heavy atom. The van der Waals surface area contributed by atoms with E-state index in [4.69, 9.17) is 15.2 Å². The fraction of sp³-hybridized carbons (Fsp3) is 0.500. The number of nitrogen functional groups attached to an aromatic ring is 1. The molecule has 0 unspecified atom stereocenters. The fourth-order valence-corrected chi connectivity index (χ4v) is 1.55. The van der Waals surface area contributed by atoms with Gasteiger partial charge in [0.25, 0.3) is 0 Å². The number of rotatable bonds is 7. The molecule has 0 saturated carbocycles. The van der Waals surface area contributed by atoms with Crippen molar-refractivity contribution in [3.05, 3.63) is 23.8 Å². The van der Waals surface area contributed by atoms with Crippen LogP contribution in [0.3, 0.4) is 0 Å². The molecule has 106 valence electrons. The molecular weight excluding hydrogens is 244 g/mol. The molecule has 0 atom stereocenters. The van der Waals surface area contributed by atoms with Crippen molar-refractivity contribution in [3.63, 3.8) is 0 Å². The number of hydrogen-bond donors (Lipinski definition) is 2. The zero-order valence-electron chi connectivity index (χ0n) is 11.7. The van der Waals surface area contributed by atoms with Gasteiger partial charge in [0.1, 0.15) is 0 Å². The lowest BCUT2D eigenvalue weighted by molar-refractivity contribution is 0.0526. The summed E-state index contributed by atoms with van der Waals surface area (Å²) in [6.07, 6.45) is 0.213. The average Bonchev–Trinajstić information content (AvgIpc) is 2.36. The van der Waals surface area contributed by atoms with Gasteiger partial charge in [0.2, 0.25) is 0 Å². The van der Waals surface area contributed by atoms with Gasteiger partial charge in [-0.3, -0.25) is 0 Å². The maximum atomic E-state index is 11.5. The largest absolute Gasteiger partial charge is 0.462 e. The molecule has 0 aliphatic carbocycles. The summed E-state index contributed by atoms with van der Waals surface area (Å²) in [6.45, 7) is 7.38. The van der Waals surface area contributed by atoms with Crippen molar-refractivity contribution < 1.29 is 14.3 Å². The second-order valence-corrected chi connectivity index (χ2v) is 4.37. The smallest absolute Gasteiger partial charge is 0.338 e. The molecule has 5 heteroatoms. The van der Waals surface area contributed by atoms with Gasteiger partial charge in [0, 0.05) is 6.54 Å². The topological polar surface area (TPSA) is 73.6 Å². The minimum atomic E-state index is -0.358. The molecule has 0 saturated heterocycles. The molecular formula is C14H22N2O3. The molecule has 0 spiro atoms. The van der Waals surface area contributed by atoms with E-state index in [0.717, 1.165) is 5.69 Å². The first-order chi connectivity index (χ1) is 9.04. The van der Waals surface area contributed by atoms with Crippen LogP contribution in [0.25, 0.3) is 0 Å². The van der Waals surface area contributed by atoms with Gasteiger partial charge in [0.05, 0.1) is 36.3 Å². The van der Waals surface area contributed by atoms with Crippen molar-refractivity contribution in [2.24, 2.45) is 0 Å².